The highest BCUT2D eigenvalue weighted by atomic mass is 14.5. The molecule has 0 aromatic carbocycles. The van der Waals surface area contributed by atoms with E-state index in [0.29, 0.717) is 5.41 Å². The van der Waals surface area contributed by atoms with Crippen LogP contribution in [0.2, 0.25) is 0 Å². The van der Waals surface area contributed by atoms with Crippen LogP contribution in [0.5, 0.6) is 0 Å². The van der Waals surface area contributed by atoms with Gasteiger partial charge in [-0.1, -0.05) is 88.5 Å². The minimum Gasteiger partial charge on any atom is -0.0654 e. The van der Waals surface area contributed by atoms with Gasteiger partial charge in [-0.05, 0) is 72.0 Å². The van der Waals surface area contributed by atoms with E-state index in [1.807, 2.05) is 0 Å². The van der Waals surface area contributed by atoms with E-state index in [0.717, 1.165) is 47.3 Å². The van der Waals surface area contributed by atoms with Gasteiger partial charge >= 0.3 is 0 Å². The maximum atomic E-state index is 2.57. The molecule has 0 heterocycles. The summed E-state index contributed by atoms with van der Waals surface area (Å²) in [5.41, 5.74) is 0.452. The van der Waals surface area contributed by atoms with Gasteiger partial charge in [0.2, 0.25) is 0 Å². The SMILES string of the molecule is CCCC(C(C)CC(C)CC)C1CC(C(C)C(C)(C)C)C1CC(C)C. The number of rotatable bonds is 10. The largest absolute Gasteiger partial charge is 0.0654 e. The van der Waals surface area contributed by atoms with Crippen LogP contribution in [0.1, 0.15) is 108 Å². The summed E-state index contributed by atoms with van der Waals surface area (Å²) < 4.78 is 0. The molecule has 150 valence electrons. The fraction of sp³-hybridized carbons (Fsp3) is 1.00. The van der Waals surface area contributed by atoms with Crippen LogP contribution in [0.4, 0.5) is 0 Å². The summed E-state index contributed by atoms with van der Waals surface area (Å²) in [6, 6.07) is 0. The van der Waals surface area contributed by atoms with Crippen LogP contribution in [0.3, 0.4) is 0 Å². The molecule has 1 fully saturated rings. The molecule has 0 saturated heterocycles. The standard InChI is InChI=1S/C25H50/c1-11-13-21(19(6)15-18(5)12-2)24-16-22(20(7)25(8,9)10)23(24)14-17(3)4/h17-24H,11-16H2,1-10H3. The fourth-order valence-corrected chi connectivity index (χ4v) is 5.62. The Morgan fingerprint density at radius 2 is 1.52 bits per heavy atom. The Balaban J connectivity index is 2.90. The predicted octanol–water partition coefficient (Wildman–Crippen LogP) is 8.46. The molecule has 0 radical (unpaired) electrons. The minimum atomic E-state index is 0.452. The van der Waals surface area contributed by atoms with Crippen molar-refractivity contribution in [1.29, 1.82) is 0 Å². The first-order valence-electron chi connectivity index (χ1n) is 11.5. The normalized spacial score (nSPS) is 29.2. The Hall–Kier alpha value is 0. The molecule has 25 heavy (non-hydrogen) atoms. The molecule has 0 aromatic rings. The molecule has 0 aromatic heterocycles. The third-order valence-corrected chi connectivity index (χ3v) is 7.77. The quantitative estimate of drug-likeness (QED) is 0.370. The highest BCUT2D eigenvalue weighted by molar-refractivity contribution is 4.98. The Bertz CT molecular complexity index is 361. The maximum Gasteiger partial charge on any atom is -0.0349 e. The summed E-state index contributed by atoms with van der Waals surface area (Å²) in [5.74, 6) is 7.38. The summed E-state index contributed by atoms with van der Waals surface area (Å²) in [6.07, 6.45) is 8.54. The molecule has 0 N–H and O–H groups in total. The van der Waals surface area contributed by atoms with Crippen molar-refractivity contribution in [3.8, 4) is 0 Å². The van der Waals surface area contributed by atoms with Gasteiger partial charge in [0.15, 0.2) is 0 Å². The topological polar surface area (TPSA) is 0 Å². The van der Waals surface area contributed by atoms with Gasteiger partial charge in [-0.2, -0.15) is 0 Å². The zero-order valence-corrected chi connectivity index (χ0v) is 19.4. The summed E-state index contributed by atoms with van der Waals surface area (Å²) in [5, 5.41) is 0. The molecule has 7 atom stereocenters. The Morgan fingerprint density at radius 3 is 1.96 bits per heavy atom. The van der Waals surface area contributed by atoms with Crippen molar-refractivity contribution in [2.45, 2.75) is 108 Å². The van der Waals surface area contributed by atoms with Crippen molar-refractivity contribution in [2.75, 3.05) is 0 Å². The lowest BCUT2D eigenvalue weighted by atomic mass is 9.50. The maximum absolute atomic E-state index is 2.57. The van der Waals surface area contributed by atoms with Crippen molar-refractivity contribution in [3.05, 3.63) is 0 Å². The predicted molar refractivity (Wildman–Crippen MR) is 115 cm³/mol. The Morgan fingerprint density at radius 1 is 0.920 bits per heavy atom. The summed E-state index contributed by atoms with van der Waals surface area (Å²) >= 11 is 0. The van der Waals surface area contributed by atoms with E-state index in [1.54, 1.807) is 0 Å². The molecule has 0 nitrogen and oxygen atoms in total. The van der Waals surface area contributed by atoms with Crippen molar-refractivity contribution in [1.82, 2.24) is 0 Å². The van der Waals surface area contributed by atoms with Crippen molar-refractivity contribution < 1.29 is 0 Å². The summed E-state index contributed by atoms with van der Waals surface area (Å²) in [6.45, 7) is 24.5. The van der Waals surface area contributed by atoms with Gasteiger partial charge < -0.3 is 0 Å². The third kappa shape index (κ3) is 6.28. The van der Waals surface area contributed by atoms with Crippen LogP contribution >= 0.6 is 0 Å². The number of hydrogen-bond donors (Lipinski definition) is 0. The van der Waals surface area contributed by atoms with Crippen LogP contribution in [0.25, 0.3) is 0 Å². The zero-order chi connectivity index (χ0) is 19.4. The molecule has 0 amide bonds. The molecule has 0 bridgehead atoms. The average Bonchev–Trinajstić information content (AvgIpc) is 2.49. The molecular formula is C25H50. The minimum absolute atomic E-state index is 0.452. The van der Waals surface area contributed by atoms with Crippen LogP contribution in [0, 0.1) is 52.8 Å². The highest BCUT2D eigenvalue weighted by Gasteiger charge is 2.49. The molecule has 1 saturated carbocycles. The first-order chi connectivity index (χ1) is 11.5. The first-order valence-corrected chi connectivity index (χ1v) is 11.5. The van der Waals surface area contributed by atoms with Crippen LogP contribution < -0.4 is 0 Å². The third-order valence-electron chi connectivity index (χ3n) is 7.77. The van der Waals surface area contributed by atoms with E-state index in [2.05, 4.69) is 69.2 Å². The van der Waals surface area contributed by atoms with Crippen molar-refractivity contribution in [3.63, 3.8) is 0 Å². The fourth-order valence-electron chi connectivity index (χ4n) is 5.62. The van der Waals surface area contributed by atoms with Crippen LogP contribution in [0.15, 0.2) is 0 Å². The van der Waals surface area contributed by atoms with Crippen LogP contribution in [-0.2, 0) is 0 Å². The Labute approximate surface area is 160 Å². The molecule has 7 unspecified atom stereocenters. The van der Waals surface area contributed by atoms with Gasteiger partial charge in [-0.15, -0.1) is 0 Å². The lowest BCUT2D eigenvalue weighted by Crippen LogP contribution is -2.48. The molecule has 0 heteroatoms. The van der Waals surface area contributed by atoms with E-state index in [1.165, 1.54) is 38.5 Å². The van der Waals surface area contributed by atoms with E-state index in [9.17, 15) is 0 Å². The molecule has 0 spiro atoms. The molecular weight excluding hydrogens is 300 g/mol. The second-order valence-electron chi connectivity index (χ2n) is 11.2. The van der Waals surface area contributed by atoms with Gasteiger partial charge in [-0.3, -0.25) is 0 Å². The van der Waals surface area contributed by atoms with E-state index in [4.69, 9.17) is 0 Å². The van der Waals surface area contributed by atoms with Crippen molar-refractivity contribution in [2.24, 2.45) is 52.8 Å². The summed E-state index contributed by atoms with van der Waals surface area (Å²) in [4.78, 5) is 0. The lowest BCUT2D eigenvalue weighted by Gasteiger charge is -2.55. The smallest absolute Gasteiger partial charge is 0.0349 e. The zero-order valence-electron chi connectivity index (χ0n) is 19.4. The summed E-state index contributed by atoms with van der Waals surface area (Å²) in [7, 11) is 0. The van der Waals surface area contributed by atoms with Crippen molar-refractivity contribution >= 4 is 0 Å². The average molecular weight is 351 g/mol. The van der Waals surface area contributed by atoms with Gasteiger partial charge in [0, 0.05) is 0 Å². The second-order valence-corrected chi connectivity index (χ2v) is 11.2. The van der Waals surface area contributed by atoms with E-state index >= 15 is 0 Å². The van der Waals surface area contributed by atoms with E-state index in [-0.39, 0.29) is 0 Å². The van der Waals surface area contributed by atoms with Gasteiger partial charge in [0.1, 0.15) is 0 Å². The number of hydrogen-bond acceptors (Lipinski definition) is 0. The molecule has 1 rings (SSSR count). The first kappa shape index (κ1) is 23.0. The van der Waals surface area contributed by atoms with Gasteiger partial charge in [0.05, 0.1) is 0 Å². The highest BCUT2D eigenvalue weighted by Crippen LogP contribution is 2.56. The van der Waals surface area contributed by atoms with E-state index < -0.39 is 0 Å². The van der Waals surface area contributed by atoms with Gasteiger partial charge in [-0.25, -0.2) is 0 Å². The monoisotopic (exact) mass is 350 g/mol. The van der Waals surface area contributed by atoms with Gasteiger partial charge in [0.25, 0.3) is 0 Å². The second kappa shape index (κ2) is 9.80. The molecule has 0 aliphatic heterocycles. The van der Waals surface area contributed by atoms with Crippen LogP contribution in [-0.4, -0.2) is 0 Å². The Kier molecular flexibility index (Phi) is 9.03. The molecule has 1 aliphatic rings. The molecule has 1 aliphatic carbocycles. The lowest BCUT2D eigenvalue weighted by molar-refractivity contribution is -0.0667.